The van der Waals surface area contributed by atoms with Gasteiger partial charge >= 0.3 is 0 Å². The molecule has 0 saturated carbocycles. The van der Waals surface area contributed by atoms with Crippen LogP contribution >= 0.6 is 0 Å². The first kappa shape index (κ1) is 30.6. The highest BCUT2D eigenvalue weighted by Crippen LogP contribution is 2.31. The summed E-state index contributed by atoms with van der Waals surface area (Å²) < 4.78 is 10.2. The van der Waals surface area contributed by atoms with E-state index in [1.54, 1.807) is 0 Å². The molecule has 2 rings (SSSR count). The molecule has 0 saturated heterocycles. The third-order valence-corrected chi connectivity index (χ3v) is 5.45. The number of rotatable bonds is 5. The summed E-state index contributed by atoms with van der Waals surface area (Å²) in [5.74, 6) is 3.13. The minimum Gasteiger partial charge on any atom is -0.459 e. The van der Waals surface area contributed by atoms with E-state index < -0.39 is 15.3 Å². The molecule has 0 aliphatic heterocycles. The van der Waals surface area contributed by atoms with Crippen molar-refractivity contribution in [2.45, 2.75) is 78.6 Å². The fourth-order valence-electron chi connectivity index (χ4n) is 2.15. The molecule has 3 nitrogen and oxygen atoms in total. The molecule has 4 heteroatoms. The Morgan fingerprint density at radius 3 is 1.60 bits per heavy atom. The number of aliphatic hydroxyl groups excluding tert-OH is 1. The largest absolute Gasteiger partial charge is 0.459 e. The summed E-state index contributed by atoms with van der Waals surface area (Å²) in [7, 11) is -1.38. The highest BCUT2D eigenvalue weighted by atomic mass is 32.2. The van der Waals surface area contributed by atoms with Crippen LogP contribution in [0.25, 0.3) is 0 Å². The minimum absolute atomic E-state index is 0.0783. The minimum atomic E-state index is -1.38. The molecule has 0 aliphatic carbocycles. The second-order valence-corrected chi connectivity index (χ2v) is 9.42. The van der Waals surface area contributed by atoms with E-state index in [1.165, 1.54) is 30.5 Å². The standard InChI is InChI=1S/C16H18.C4H9O2S.C4H10O.C2H6/c1-13-9-11-15(12-10-13)16(2,3)14-7-5-4-6-8-14;1-4(2,5)7(3)6;1-2-3-4-5;1-2/h4-12H,1-3H3;5H,3H2,1-2H3;5H,2-4H2,1H3;1-2H3/q;-1;;. The van der Waals surface area contributed by atoms with Gasteiger partial charge in [0.25, 0.3) is 0 Å². The highest BCUT2D eigenvalue weighted by Gasteiger charge is 2.22. The van der Waals surface area contributed by atoms with Crippen molar-refractivity contribution in [3.8, 4) is 0 Å². The SMILES string of the molecule is C=[S-](=O)C(C)(C)O.CC.CCCCO.Cc1ccc(C(C)(C)c2ccccc2)cc1. The summed E-state index contributed by atoms with van der Waals surface area (Å²) in [5, 5.41) is 16.8. The predicted octanol–water partition coefficient (Wildman–Crippen LogP) is 6.24. The van der Waals surface area contributed by atoms with Gasteiger partial charge < -0.3 is 14.4 Å². The van der Waals surface area contributed by atoms with E-state index in [4.69, 9.17) is 10.2 Å². The van der Waals surface area contributed by atoms with E-state index in [1.807, 2.05) is 13.8 Å². The first-order valence-corrected chi connectivity index (χ1v) is 12.0. The van der Waals surface area contributed by atoms with Crippen LogP contribution in [-0.4, -0.2) is 27.6 Å². The van der Waals surface area contributed by atoms with Crippen LogP contribution in [0.2, 0.25) is 0 Å². The highest BCUT2D eigenvalue weighted by molar-refractivity contribution is 7.83. The van der Waals surface area contributed by atoms with Crippen molar-refractivity contribution in [2.24, 2.45) is 0 Å². The lowest BCUT2D eigenvalue weighted by atomic mass is 9.78. The molecule has 2 aromatic carbocycles. The summed E-state index contributed by atoms with van der Waals surface area (Å²) in [6, 6.07) is 19.5. The molecule has 172 valence electrons. The van der Waals surface area contributed by atoms with Gasteiger partial charge in [-0.25, -0.2) is 10.4 Å². The Bertz CT molecular complexity index is 715. The average Bonchev–Trinajstić information content (AvgIpc) is 2.71. The first-order valence-electron chi connectivity index (χ1n) is 10.6. The van der Waals surface area contributed by atoms with Gasteiger partial charge in [-0.1, -0.05) is 115 Å². The molecule has 30 heavy (non-hydrogen) atoms. The summed E-state index contributed by atoms with van der Waals surface area (Å²) in [4.78, 5) is -1.14. The van der Waals surface area contributed by atoms with Crippen LogP contribution in [-0.2, 0) is 20.0 Å². The van der Waals surface area contributed by atoms with Gasteiger partial charge in [-0.15, -0.1) is 0 Å². The Kier molecular flexibility index (Phi) is 16.4. The summed E-state index contributed by atoms with van der Waals surface area (Å²) >= 11 is 0. The van der Waals surface area contributed by atoms with Gasteiger partial charge in [0, 0.05) is 17.0 Å². The average molecular weight is 436 g/mol. The fourth-order valence-corrected chi connectivity index (χ4v) is 2.15. The van der Waals surface area contributed by atoms with Gasteiger partial charge in [0.1, 0.15) is 0 Å². The Morgan fingerprint density at radius 1 is 0.900 bits per heavy atom. The Morgan fingerprint density at radius 2 is 1.30 bits per heavy atom. The fraction of sp³-hybridized carbons (Fsp3) is 0.500. The lowest BCUT2D eigenvalue weighted by Crippen LogP contribution is -2.18. The van der Waals surface area contributed by atoms with Crippen LogP contribution in [0.15, 0.2) is 54.6 Å². The number of aliphatic hydroxyl groups is 2. The number of benzene rings is 2. The quantitative estimate of drug-likeness (QED) is 0.432. The van der Waals surface area contributed by atoms with Gasteiger partial charge in [-0.2, -0.15) is 5.87 Å². The van der Waals surface area contributed by atoms with Crippen molar-refractivity contribution in [1.29, 1.82) is 0 Å². The molecule has 0 aliphatic rings. The molecule has 0 bridgehead atoms. The van der Waals surface area contributed by atoms with Gasteiger partial charge in [-0.3, -0.25) is 0 Å². The summed E-state index contributed by atoms with van der Waals surface area (Å²) in [6.45, 7) is 16.0. The van der Waals surface area contributed by atoms with Crippen molar-refractivity contribution in [2.75, 3.05) is 6.61 Å². The molecule has 0 atom stereocenters. The molecule has 0 heterocycles. The topological polar surface area (TPSA) is 57.5 Å². The van der Waals surface area contributed by atoms with Crippen LogP contribution in [0.5, 0.6) is 0 Å². The number of aryl methyl sites for hydroxylation is 1. The summed E-state index contributed by atoms with van der Waals surface area (Å²) in [5.41, 5.74) is 4.12. The van der Waals surface area contributed by atoms with Crippen molar-refractivity contribution >= 4 is 16.3 Å². The van der Waals surface area contributed by atoms with Gasteiger partial charge in [0.2, 0.25) is 0 Å². The number of hydrogen-bond donors (Lipinski definition) is 2. The van der Waals surface area contributed by atoms with E-state index in [9.17, 15) is 4.21 Å². The maximum Gasteiger partial charge on any atom is 0.0430 e. The monoisotopic (exact) mass is 435 g/mol. The third-order valence-electron chi connectivity index (χ3n) is 4.34. The normalized spacial score (nSPS) is 10.6. The molecule has 0 unspecified atom stereocenters. The van der Waals surface area contributed by atoms with Gasteiger partial charge in [-0.05, 0) is 24.5 Å². The van der Waals surface area contributed by atoms with Crippen LogP contribution in [0.3, 0.4) is 0 Å². The van der Waals surface area contributed by atoms with Crippen LogP contribution < -0.4 is 0 Å². The van der Waals surface area contributed by atoms with Crippen LogP contribution in [0.4, 0.5) is 0 Å². The van der Waals surface area contributed by atoms with Crippen LogP contribution in [0.1, 0.15) is 78.0 Å². The molecule has 2 N–H and O–H groups in total. The molecular weight excluding hydrogens is 392 g/mol. The zero-order valence-corrected chi connectivity index (χ0v) is 21.1. The molecule has 2 aromatic rings. The molecule has 0 amide bonds. The van der Waals surface area contributed by atoms with Gasteiger partial charge in [0.05, 0.1) is 0 Å². The zero-order valence-electron chi connectivity index (χ0n) is 20.2. The maximum absolute atomic E-state index is 10.2. The first-order chi connectivity index (χ1) is 14.0. The van der Waals surface area contributed by atoms with Crippen molar-refractivity contribution in [3.05, 3.63) is 71.3 Å². The molecule has 0 radical (unpaired) electrons. The number of unbranched alkanes of at least 4 members (excludes halogenated alkanes) is 1. The van der Waals surface area contributed by atoms with E-state index in [2.05, 4.69) is 88.2 Å². The lowest BCUT2D eigenvalue weighted by molar-refractivity contribution is 0.174. The zero-order chi connectivity index (χ0) is 23.8. The molecule has 0 fully saturated rings. The second-order valence-electron chi connectivity index (χ2n) is 7.73. The van der Waals surface area contributed by atoms with Crippen LogP contribution in [0, 0.1) is 6.92 Å². The third kappa shape index (κ3) is 12.8. The maximum atomic E-state index is 10.2. The van der Waals surface area contributed by atoms with Crippen molar-refractivity contribution in [1.82, 2.24) is 0 Å². The Balaban J connectivity index is 0. The molecule has 0 aromatic heterocycles. The predicted molar refractivity (Wildman–Crippen MR) is 135 cm³/mol. The molecule has 0 spiro atoms. The van der Waals surface area contributed by atoms with Crippen molar-refractivity contribution in [3.63, 3.8) is 0 Å². The Labute approximate surface area is 187 Å². The van der Waals surface area contributed by atoms with E-state index in [0.717, 1.165) is 12.8 Å². The van der Waals surface area contributed by atoms with Gasteiger partial charge in [0.15, 0.2) is 0 Å². The number of hydrogen-bond acceptors (Lipinski definition) is 4. The van der Waals surface area contributed by atoms with Crippen molar-refractivity contribution < 1.29 is 14.4 Å². The van der Waals surface area contributed by atoms with E-state index in [-0.39, 0.29) is 5.41 Å². The Hall–Kier alpha value is -1.62. The lowest BCUT2D eigenvalue weighted by Gasteiger charge is -2.26. The molecular formula is C26H43O3S-. The summed E-state index contributed by atoms with van der Waals surface area (Å²) in [6.07, 6.45) is 2.04. The van der Waals surface area contributed by atoms with E-state index in [0.29, 0.717) is 6.61 Å². The second kappa shape index (κ2) is 16.1. The van der Waals surface area contributed by atoms with E-state index >= 15 is 0 Å². The smallest absolute Gasteiger partial charge is 0.0430 e.